The molecule has 0 radical (unpaired) electrons. The minimum atomic E-state index is -0.256. The minimum Gasteiger partial charge on any atom is -0.380 e. The summed E-state index contributed by atoms with van der Waals surface area (Å²) in [6.07, 6.45) is 4.57. The molecule has 0 unspecified atom stereocenters. The van der Waals surface area contributed by atoms with Gasteiger partial charge in [0.2, 0.25) is 0 Å². The summed E-state index contributed by atoms with van der Waals surface area (Å²) in [5, 5.41) is 10.8. The Morgan fingerprint density at radius 3 is 2.58 bits per heavy atom. The van der Waals surface area contributed by atoms with Gasteiger partial charge in [-0.15, -0.1) is 24.0 Å². The maximum atomic E-state index is 13.8. The highest BCUT2D eigenvalue weighted by atomic mass is 127. The number of rotatable bonds is 9. The van der Waals surface area contributed by atoms with Crippen molar-refractivity contribution in [3.63, 3.8) is 0 Å². The molecule has 3 aromatic rings. The lowest BCUT2D eigenvalue weighted by Crippen LogP contribution is -2.38. The van der Waals surface area contributed by atoms with Crippen LogP contribution in [0.25, 0.3) is 5.69 Å². The van der Waals surface area contributed by atoms with Crippen LogP contribution >= 0.6 is 24.0 Å². The van der Waals surface area contributed by atoms with Crippen molar-refractivity contribution in [2.45, 2.75) is 26.5 Å². The zero-order chi connectivity index (χ0) is 21.2. The molecule has 6 nitrogen and oxygen atoms in total. The monoisotopic (exact) mass is 537 g/mol. The summed E-state index contributed by atoms with van der Waals surface area (Å²) in [6.45, 7) is 4.26. The lowest BCUT2D eigenvalue weighted by atomic mass is 10.1. The van der Waals surface area contributed by atoms with Crippen LogP contribution < -0.4 is 10.6 Å². The number of guanidine groups is 1. The highest BCUT2D eigenvalue weighted by Crippen LogP contribution is 2.13. The van der Waals surface area contributed by atoms with Gasteiger partial charge in [0.25, 0.3) is 0 Å². The van der Waals surface area contributed by atoms with Crippen molar-refractivity contribution in [2.75, 3.05) is 20.2 Å². The van der Waals surface area contributed by atoms with E-state index in [4.69, 9.17) is 4.74 Å². The fraction of sp³-hybridized carbons (Fsp3) is 0.304. The number of halogens is 2. The van der Waals surface area contributed by atoms with Crippen molar-refractivity contribution < 1.29 is 9.13 Å². The fourth-order valence-electron chi connectivity index (χ4n) is 3.07. The van der Waals surface area contributed by atoms with Crippen molar-refractivity contribution in [3.8, 4) is 5.69 Å². The van der Waals surface area contributed by atoms with Gasteiger partial charge in [-0.1, -0.05) is 18.2 Å². The van der Waals surface area contributed by atoms with E-state index in [-0.39, 0.29) is 36.4 Å². The molecule has 166 valence electrons. The van der Waals surface area contributed by atoms with Gasteiger partial charge in [0.15, 0.2) is 5.96 Å². The molecule has 0 aliphatic rings. The summed E-state index contributed by atoms with van der Waals surface area (Å²) in [5.41, 5.74) is 3.76. The summed E-state index contributed by atoms with van der Waals surface area (Å²) in [4.78, 5) is 4.61. The molecule has 2 N–H and O–H groups in total. The van der Waals surface area contributed by atoms with Crippen LogP contribution in [0.5, 0.6) is 0 Å². The fourth-order valence-corrected chi connectivity index (χ4v) is 3.07. The Morgan fingerprint density at radius 1 is 1.13 bits per heavy atom. The van der Waals surface area contributed by atoms with Crippen molar-refractivity contribution in [1.82, 2.24) is 20.4 Å². The molecule has 3 rings (SSSR count). The van der Waals surface area contributed by atoms with Crippen molar-refractivity contribution in [3.05, 3.63) is 83.4 Å². The number of ether oxygens (including phenoxy) is 1. The normalized spacial score (nSPS) is 11.1. The van der Waals surface area contributed by atoms with E-state index in [1.807, 2.05) is 23.9 Å². The highest BCUT2D eigenvalue weighted by Gasteiger charge is 2.04. The Labute approximate surface area is 199 Å². The van der Waals surface area contributed by atoms with Gasteiger partial charge in [-0.3, -0.25) is 0 Å². The number of hydrogen-bond donors (Lipinski definition) is 2. The van der Waals surface area contributed by atoms with E-state index in [1.54, 1.807) is 25.4 Å². The average molecular weight is 537 g/mol. The summed E-state index contributed by atoms with van der Waals surface area (Å²) >= 11 is 0. The van der Waals surface area contributed by atoms with Gasteiger partial charge in [-0.2, -0.15) is 5.10 Å². The summed E-state index contributed by atoms with van der Waals surface area (Å²) in [6, 6.07) is 15.3. The SMILES string of the molecule is CCNC(=NCc1ccc(F)c(COC)c1)NCCc1ccc(-n2cccn2)cc1.I. The Bertz CT molecular complexity index is 945. The Hall–Kier alpha value is -2.46. The van der Waals surface area contributed by atoms with E-state index >= 15 is 0 Å². The molecule has 0 atom stereocenters. The van der Waals surface area contributed by atoms with Crippen molar-refractivity contribution in [1.29, 1.82) is 0 Å². The largest absolute Gasteiger partial charge is 0.380 e. The standard InChI is InChI=1S/C23H28FN5O.HI/c1-3-25-23(27-16-19-7-10-22(24)20(15-19)17-30-2)26-13-11-18-5-8-21(9-6-18)29-14-4-12-28-29;/h4-10,12,14-15H,3,11,13,16-17H2,1-2H3,(H2,25,26,27);1H. The van der Waals surface area contributed by atoms with Gasteiger partial charge < -0.3 is 15.4 Å². The number of benzene rings is 2. The van der Waals surface area contributed by atoms with E-state index in [0.717, 1.165) is 36.7 Å². The predicted octanol–water partition coefficient (Wildman–Crippen LogP) is 4.07. The first-order valence-electron chi connectivity index (χ1n) is 10.1. The topological polar surface area (TPSA) is 63.5 Å². The Kier molecular flexibility index (Phi) is 10.5. The van der Waals surface area contributed by atoms with Gasteiger partial charge in [-0.25, -0.2) is 14.1 Å². The molecule has 2 aromatic carbocycles. The molecular formula is C23H29FIN5O. The zero-order valence-electron chi connectivity index (χ0n) is 17.8. The lowest BCUT2D eigenvalue weighted by Gasteiger charge is -2.12. The third kappa shape index (κ3) is 7.62. The van der Waals surface area contributed by atoms with Crippen LogP contribution in [0.2, 0.25) is 0 Å². The quantitative estimate of drug-likeness (QED) is 0.246. The number of aliphatic imine (C=N–C) groups is 1. The number of aromatic nitrogens is 2. The molecule has 0 aliphatic heterocycles. The molecule has 0 fully saturated rings. The average Bonchev–Trinajstić information content (AvgIpc) is 3.30. The van der Waals surface area contributed by atoms with Crippen molar-refractivity contribution in [2.24, 2.45) is 4.99 Å². The van der Waals surface area contributed by atoms with Gasteiger partial charge in [0, 0.05) is 38.2 Å². The van der Waals surface area contributed by atoms with E-state index in [0.29, 0.717) is 12.1 Å². The van der Waals surface area contributed by atoms with E-state index in [2.05, 4.69) is 45.0 Å². The van der Waals surface area contributed by atoms with E-state index in [1.165, 1.54) is 11.6 Å². The Morgan fingerprint density at radius 2 is 1.90 bits per heavy atom. The predicted molar refractivity (Wildman–Crippen MR) is 133 cm³/mol. The molecule has 0 aliphatic carbocycles. The maximum Gasteiger partial charge on any atom is 0.191 e. The number of nitrogens with one attached hydrogen (secondary N) is 2. The smallest absolute Gasteiger partial charge is 0.191 e. The highest BCUT2D eigenvalue weighted by molar-refractivity contribution is 14.0. The minimum absolute atomic E-state index is 0. The van der Waals surface area contributed by atoms with E-state index in [9.17, 15) is 4.39 Å². The number of methoxy groups -OCH3 is 1. The van der Waals surface area contributed by atoms with Crippen LogP contribution in [0.15, 0.2) is 65.9 Å². The molecule has 0 amide bonds. The molecule has 1 heterocycles. The molecule has 31 heavy (non-hydrogen) atoms. The summed E-state index contributed by atoms with van der Waals surface area (Å²) in [7, 11) is 1.56. The van der Waals surface area contributed by atoms with Gasteiger partial charge in [0.1, 0.15) is 5.82 Å². The van der Waals surface area contributed by atoms with Crippen LogP contribution in [0.4, 0.5) is 4.39 Å². The van der Waals surface area contributed by atoms with Crippen LogP contribution in [-0.2, 0) is 24.3 Å². The van der Waals surface area contributed by atoms with Crippen LogP contribution in [0.1, 0.15) is 23.6 Å². The third-order valence-corrected chi connectivity index (χ3v) is 4.59. The molecule has 8 heteroatoms. The Balaban J connectivity index is 0.00000341. The number of nitrogens with zero attached hydrogens (tertiary/aromatic N) is 3. The van der Waals surface area contributed by atoms with Crippen LogP contribution in [-0.4, -0.2) is 35.9 Å². The molecule has 0 saturated heterocycles. The lowest BCUT2D eigenvalue weighted by molar-refractivity contribution is 0.181. The second kappa shape index (κ2) is 13.1. The summed E-state index contributed by atoms with van der Waals surface area (Å²) < 4.78 is 20.6. The first kappa shape index (κ1) is 24.8. The molecule has 0 spiro atoms. The number of hydrogen-bond acceptors (Lipinski definition) is 3. The van der Waals surface area contributed by atoms with Gasteiger partial charge >= 0.3 is 0 Å². The van der Waals surface area contributed by atoms with E-state index < -0.39 is 0 Å². The van der Waals surface area contributed by atoms with Crippen LogP contribution in [0.3, 0.4) is 0 Å². The molecule has 1 aromatic heterocycles. The second-order valence-corrected chi connectivity index (χ2v) is 6.85. The second-order valence-electron chi connectivity index (χ2n) is 6.85. The first-order valence-corrected chi connectivity index (χ1v) is 10.1. The maximum absolute atomic E-state index is 13.8. The molecule has 0 saturated carbocycles. The molecular weight excluding hydrogens is 508 g/mol. The van der Waals surface area contributed by atoms with Crippen molar-refractivity contribution >= 4 is 29.9 Å². The summed E-state index contributed by atoms with van der Waals surface area (Å²) in [5.74, 6) is 0.483. The first-order chi connectivity index (χ1) is 14.7. The third-order valence-electron chi connectivity index (χ3n) is 4.59. The molecule has 0 bridgehead atoms. The van der Waals surface area contributed by atoms with Gasteiger partial charge in [-0.05, 0) is 54.8 Å². The van der Waals surface area contributed by atoms with Gasteiger partial charge in [0.05, 0.1) is 18.8 Å². The zero-order valence-corrected chi connectivity index (χ0v) is 20.2. The van der Waals surface area contributed by atoms with Crippen LogP contribution in [0, 0.1) is 5.82 Å².